The summed E-state index contributed by atoms with van der Waals surface area (Å²) in [6, 6.07) is 7.05. The molecule has 1 aromatic carbocycles. The van der Waals surface area contributed by atoms with Crippen molar-refractivity contribution in [3.05, 3.63) is 29.8 Å². The average molecular weight is 379 g/mol. The molecule has 1 aromatic rings. The molecule has 0 saturated carbocycles. The third-order valence-corrected chi connectivity index (χ3v) is 4.11. The lowest BCUT2D eigenvalue weighted by Gasteiger charge is -2.35. The summed E-state index contributed by atoms with van der Waals surface area (Å²) in [5.74, 6) is -0.138. The summed E-state index contributed by atoms with van der Waals surface area (Å²) >= 11 is 0. The van der Waals surface area contributed by atoms with Crippen LogP contribution in [0.5, 0.6) is 0 Å². The van der Waals surface area contributed by atoms with E-state index in [1.165, 1.54) is 0 Å². The lowest BCUT2D eigenvalue weighted by Crippen LogP contribution is -2.51. The van der Waals surface area contributed by atoms with E-state index in [1.54, 1.807) is 34.1 Å². The maximum absolute atomic E-state index is 12.9. The van der Waals surface area contributed by atoms with Gasteiger partial charge in [-0.2, -0.15) is 0 Å². The number of carbonyl (C=O) groups is 2. The number of nitrogens with one attached hydrogen (secondary N) is 1. The number of para-hydroxylation sites is 1. The second-order valence-electron chi connectivity index (χ2n) is 7.52. The van der Waals surface area contributed by atoms with Crippen LogP contribution < -0.4 is 5.32 Å². The van der Waals surface area contributed by atoms with Crippen LogP contribution in [0.1, 0.15) is 31.1 Å². The van der Waals surface area contributed by atoms with Gasteiger partial charge in [0.2, 0.25) is 0 Å². The number of piperazine rings is 1. The minimum absolute atomic E-state index is 0.138. The van der Waals surface area contributed by atoms with E-state index in [4.69, 9.17) is 9.84 Å². The molecule has 2 amide bonds. The van der Waals surface area contributed by atoms with Crippen molar-refractivity contribution < 1.29 is 24.5 Å². The summed E-state index contributed by atoms with van der Waals surface area (Å²) < 4.78 is 5.37. The Morgan fingerprint density at radius 1 is 1.15 bits per heavy atom. The highest BCUT2D eigenvalue weighted by molar-refractivity contribution is 5.99. The second kappa shape index (κ2) is 9.05. The van der Waals surface area contributed by atoms with Crippen LogP contribution in [0.15, 0.2) is 24.3 Å². The highest BCUT2D eigenvalue weighted by atomic mass is 16.6. The number of nitrogens with zero attached hydrogens (tertiary/aromatic N) is 2. The largest absolute Gasteiger partial charge is 0.444 e. The lowest BCUT2D eigenvalue weighted by atomic mass is 10.1. The van der Waals surface area contributed by atoms with Crippen molar-refractivity contribution >= 4 is 17.7 Å². The predicted molar refractivity (Wildman–Crippen MR) is 102 cm³/mol. The van der Waals surface area contributed by atoms with E-state index in [1.807, 2.05) is 20.8 Å². The van der Waals surface area contributed by atoms with Crippen molar-refractivity contribution in [2.45, 2.75) is 32.5 Å². The lowest BCUT2D eigenvalue weighted by molar-refractivity contribution is 0.0141. The molecule has 1 atom stereocenters. The maximum atomic E-state index is 12.9. The third kappa shape index (κ3) is 6.11. The average Bonchev–Trinajstić information content (AvgIpc) is 2.64. The van der Waals surface area contributed by atoms with Gasteiger partial charge in [0.05, 0.1) is 18.3 Å². The van der Waals surface area contributed by atoms with Gasteiger partial charge < -0.3 is 30.1 Å². The molecule has 150 valence electrons. The molecule has 8 nitrogen and oxygen atoms in total. The maximum Gasteiger partial charge on any atom is 0.410 e. The number of anilines is 1. The van der Waals surface area contributed by atoms with E-state index in [0.29, 0.717) is 37.4 Å². The first-order chi connectivity index (χ1) is 12.7. The van der Waals surface area contributed by atoms with Crippen LogP contribution in [-0.4, -0.2) is 83.0 Å². The van der Waals surface area contributed by atoms with Crippen molar-refractivity contribution in [1.29, 1.82) is 0 Å². The fraction of sp³-hybridized carbons (Fsp3) is 0.579. The Labute approximate surface area is 159 Å². The number of ether oxygens (including phenoxy) is 1. The van der Waals surface area contributed by atoms with Crippen LogP contribution in [0.4, 0.5) is 10.5 Å². The highest BCUT2D eigenvalue weighted by Gasteiger charge is 2.28. The van der Waals surface area contributed by atoms with Crippen LogP contribution >= 0.6 is 0 Å². The third-order valence-electron chi connectivity index (χ3n) is 4.11. The van der Waals surface area contributed by atoms with Gasteiger partial charge in [-0.3, -0.25) is 4.79 Å². The summed E-state index contributed by atoms with van der Waals surface area (Å²) in [7, 11) is 0. The molecule has 0 bridgehead atoms. The van der Waals surface area contributed by atoms with Gasteiger partial charge in [0.25, 0.3) is 5.91 Å². The van der Waals surface area contributed by atoms with Crippen molar-refractivity contribution in [2.24, 2.45) is 0 Å². The van der Waals surface area contributed by atoms with Crippen LogP contribution in [-0.2, 0) is 4.74 Å². The first-order valence-corrected chi connectivity index (χ1v) is 9.10. The Hall–Kier alpha value is -2.32. The molecule has 0 aromatic heterocycles. The van der Waals surface area contributed by atoms with Gasteiger partial charge in [-0.1, -0.05) is 12.1 Å². The molecule has 0 aliphatic carbocycles. The van der Waals surface area contributed by atoms with Gasteiger partial charge in [0, 0.05) is 38.4 Å². The van der Waals surface area contributed by atoms with Gasteiger partial charge in [0.1, 0.15) is 5.60 Å². The summed E-state index contributed by atoms with van der Waals surface area (Å²) in [6.07, 6.45) is -1.26. The fourth-order valence-corrected chi connectivity index (χ4v) is 2.71. The quantitative estimate of drug-likeness (QED) is 0.709. The molecule has 0 radical (unpaired) electrons. The van der Waals surface area contributed by atoms with Crippen molar-refractivity contribution in [3.8, 4) is 0 Å². The van der Waals surface area contributed by atoms with E-state index in [-0.39, 0.29) is 25.2 Å². The van der Waals surface area contributed by atoms with E-state index < -0.39 is 11.7 Å². The zero-order chi connectivity index (χ0) is 20.0. The molecule has 1 unspecified atom stereocenters. The van der Waals surface area contributed by atoms with Crippen molar-refractivity contribution in [3.63, 3.8) is 0 Å². The number of hydrogen-bond donors (Lipinski definition) is 3. The Bertz CT molecular complexity index is 651. The molecule has 1 saturated heterocycles. The molecule has 1 fully saturated rings. The van der Waals surface area contributed by atoms with Crippen LogP contribution in [0.2, 0.25) is 0 Å². The zero-order valence-corrected chi connectivity index (χ0v) is 16.1. The Kier molecular flexibility index (Phi) is 7.04. The first kappa shape index (κ1) is 21.0. The molecule has 8 heteroatoms. The SMILES string of the molecule is CC(C)(C)OC(=O)N1CCN(C(=O)c2ccccc2NCC(O)CO)CC1. The molecule has 27 heavy (non-hydrogen) atoms. The monoisotopic (exact) mass is 379 g/mol. The number of amides is 2. The standard InChI is InChI=1S/C19H29N3O5/c1-19(2,3)27-18(26)22-10-8-21(9-11-22)17(25)15-6-4-5-7-16(15)20-12-14(24)13-23/h4-7,14,20,23-24H,8-13H2,1-3H3. The molecule has 1 aliphatic heterocycles. The van der Waals surface area contributed by atoms with E-state index in [2.05, 4.69) is 5.32 Å². The van der Waals surface area contributed by atoms with Gasteiger partial charge >= 0.3 is 6.09 Å². The number of carbonyl (C=O) groups excluding carboxylic acids is 2. The highest BCUT2D eigenvalue weighted by Crippen LogP contribution is 2.19. The summed E-state index contributed by atoms with van der Waals surface area (Å²) in [6.45, 7) is 6.94. The second-order valence-corrected chi connectivity index (χ2v) is 7.52. The predicted octanol–water partition coefficient (Wildman–Crippen LogP) is 1.14. The molecule has 3 N–H and O–H groups in total. The number of rotatable bonds is 5. The zero-order valence-electron chi connectivity index (χ0n) is 16.1. The van der Waals surface area contributed by atoms with Gasteiger partial charge in [0.15, 0.2) is 0 Å². The van der Waals surface area contributed by atoms with Gasteiger partial charge in [-0.25, -0.2) is 4.79 Å². The smallest absolute Gasteiger partial charge is 0.410 e. The Balaban J connectivity index is 1.97. The van der Waals surface area contributed by atoms with Crippen LogP contribution in [0.25, 0.3) is 0 Å². The number of aliphatic hydroxyl groups excluding tert-OH is 2. The van der Waals surface area contributed by atoms with E-state index in [9.17, 15) is 14.7 Å². The van der Waals surface area contributed by atoms with Crippen LogP contribution in [0, 0.1) is 0 Å². The molecule has 1 aliphatic rings. The number of aliphatic hydroxyl groups is 2. The van der Waals surface area contributed by atoms with Gasteiger partial charge in [-0.05, 0) is 32.9 Å². The van der Waals surface area contributed by atoms with Crippen LogP contribution in [0.3, 0.4) is 0 Å². The molecular weight excluding hydrogens is 350 g/mol. The number of hydrogen-bond acceptors (Lipinski definition) is 6. The summed E-state index contributed by atoms with van der Waals surface area (Å²) in [5.41, 5.74) is 0.547. The number of benzene rings is 1. The van der Waals surface area contributed by atoms with E-state index in [0.717, 1.165) is 0 Å². The van der Waals surface area contributed by atoms with Crippen molar-refractivity contribution in [1.82, 2.24) is 9.80 Å². The van der Waals surface area contributed by atoms with E-state index >= 15 is 0 Å². The Morgan fingerprint density at radius 3 is 2.33 bits per heavy atom. The normalized spacial score (nSPS) is 16.0. The molecular formula is C19H29N3O5. The molecule has 0 spiro atoms. The minimum atomic E-state index is -0.898. The minimum Gasteiger partial charge on any atom is -0.444 e. The summed E-state index contributed by atoms with van der Waals surface area (Å²) in [5, 5.41) is 21.4. The Morgan fingerprint density at radius 2 is 1.74 bits per heavy atom. The molecule has 2 rings (SSSR count). The fourth-order valence-electron chi connectivity index (χ4n) is 2.71. The summed E-state index contributed by atoms with van der Waals surface area (Å²) in [4.78, 5) is 28.3. The van der Waals surface area contributed by atoms with Gasteiger partial charge in [-0.15, -0.1) is 0 Å². The van der Waals surface area contributed by atoms with Crippen molar-refractivity contribution in [2.75, 3.05) is 44.6 Å². The molecule has 1 heterocycles. The topological polar surface area (TPSA) is 102 Å². The first-order valence-electron chi connectivity index (χ1n) is 9.10.